The Kier molecular flexibility index (Phi) is 8.45. The number of non-ortho nitro benzene ring substituents is 1. The lowest BCUT2D eigenvalue weighted by Gasteiger charge is -2.06. The second-order valence-electron chi connectivity index (χ2n) is 4.16. The third-order valence-corrected chi connectivity index (χ3v) is 2.87. The molecule has 0 fully saturated rings. The normalized spacial score (nSPS) is 9.09. The molecule has 0 saturated heterocycles. The molecule has 0 amide bonds. The van der Waals surface area contributed by atoms with Crippen molar-refractivity contribution in [2.75, 3.05) is 0 Å². The Hall–Kier alpha value is -3.71. The van der Waals surface area contributed by atoms with Crippen LogP contribution in [0.2, 0.25) is 0 Å². The molecule has 0 aliphatic rings. The zero-order valence-electron chi connectivity index (χ0n) is 12.5. The molecule has 2 N–H and O–H groups in total. The minimum absolute atomic E-state index is 0.105. The molecule has 0 aliphatic carbocycles. The van der Waals surface area contributed by atoms with Gasteiger partial charge in [0.05, 0.1) is 11.1 Å². The highest BCUT2D eigenvalue weighted by Crippen LogP contribution is 2.26. The van der Waals surface area contributed by atoms with Gasteiger partial charge in [0.1, 0.15) is 0 Å². The molecular weight excluding hydrogens is 294 g/mol. The molecule has 0 radical (unpaired) electrons. The smallest absolute Gasteiger partial charge is 0.269 e. The van der Waals surface area contributed by atoms with E-state index < -0.39 is 4.92 Å². The topological polar surface area (TPSA) is 129 Å². The third kappa shape index (κ3) is 5.29. The number of nitro benzene ring substituents is 1. The van der Waals surface area contributed by atoms with Gasteiger partial charge >= 0.3 is 0 Å². The summed E-state index contributed by atoms with van der Waals surface area (Å²) < 4.78 is 0. The van der Waals surface area contributed by atoms with E-state index in [0.717, 1.165) is 22.3 Å². The van der Waals surface area contributed by atoms with Crippen molar-refractivity contribution in [2.45, 2.75) is 6.92 Å². The first-order valence-corrected chi connectivity index (χ1v) is 6.22. The number of aryl methyl sites for hydroxylation is 1. The van der Waals surface area contributed by atoms with Gasteiger partial charge in [-0.1, -0.05) is 24.3 Å². The Labute approximate surface area is 134 Å². The van der Waals surface area contributed by atoms with Crippen LogP contribution in [0.1, 0.15) is 11.1 Å². The van der Waals surface area contributed by atoms with E-state index >= 15 is 0 Å². The fourth-order valence-electron chi connectivity index (χ4n) is 1.92. The van der Waals surface area contributed by atoms with Crippen LogP contribution in [0.3, 0.4) is 0 Å². The maximum atomic E-state index is 10.7. The average molecular weight is 309 g/mol. The van der Waals surface area contributed by atoms with Crippen LogP contribution in [-0.2, 0) is 0 Å². The van der Waals surface area contributed by atoms with Crippen LogP contribution < -0.4 is 5.84 Å². The third-order valence-electron chi connectivity index (χ3n) is 2.87. The molecule has 0 atom stereocenters. The molecule has 7 nitrogen and oxygen atoms in total. The number of nitro groups is 1. The summed E-state index contributed by atoms with van der Waals surface area (Å²) in [6.45, 7) is 8.86. The summed E-state index contributed by atoms with van der Waals surface area (Å²) in [7, 11) is 0. The van der Waals surface area contributed by atoms with Gasteiger partial charge in [-0.05, 0) is 35.2 Å². The number of hydrazone groups is 1. The zero-order valence-corrected chi connectivity index (χ0v) is 12.5. The van der Waals surface area contributed by atoms with Crippen LogP contribution >= 0.6 is 0 Å². The van der Waals surface area contributed by atoms with E-state index in [9.17, 15) is 10.1 Å². The van der Waals surface area contributed by atoms with Gasteiger partial charge in [0.15, 0.2) is 0 Å². The van der Waals surface area contributed by atoms with Crippen molar-refractivity contribution in [1.82, 2.24) is 0 Å². The van der Waals surface area contributed by atoms with Crippen LogP contribution in [0, 0.1) is 40.7 Å². The summed E-state index contributed by atoms with van der Waals surface area (Å²) in [5.41, 5.74) is 3.86. The van der Waals surface area contributed by atoms with Gasteiger partial charge in [-0.3, -0.25) is 10.1 Å². The number of rotatable bonds is 3. The lowest BCUT2D eigenvalue weighted by molar-refractivity contribution is -0.384. The predicted octanol–water partition coefficient (Wildman–Crippen LogP) is 3.14. The van der Waals surface area contributed by atoms with Crippen LogP contribution in [0.4, 0.5) is 5.69 Å². The molecule has 0 bridgehead atoms. The number of hydrogen-bond acceptors (Lipinski definition) is 6. The minimum atomic E-state index is -0.391. The van der Waals surface area contributed by atoms with Crippen molar-refractivity contribution in [2.24, 2.45) is 10.9 Å². The highest BCUT2D eigenvalue weighted by molar-refractivity contribution is 5.81. The highest BCUT2D eigenvalue weighted by Gasteiger charge is 2.09. The molecule has 0 heterocycles. The van der Waals surface area contributed by atoms with E-state index in [2.05, 4.69) is 18.2 Å². The maximum absolute atomic E-state index is 10.7. The summed E-state index contributed by atoms with van der Waals surface area (Å²) in [6.07, 6.45) is 1.56. The molecular formula is C16H15N5O2. The summed E-state index contributed by atoms with van der Waals surface area (Å²) in [5.74, 6) is 5.08. The molecule has 116 valence electrons. The van der Waals surface area contributed by atoms with Crippen molar-refractivity contribution >= 4 is 11.9 Å². The highest BCUT2D eigenvalue weighted by atomic mass is 16.6. The SMILES string of the molecule is C#N.C#N.Cc1cc([N+](=O)[O-])ccc1-c1ccc(C=NN)cc1. The number of benzene rings is 2. The number of nitriles is 2. The summed E-state index contributed by atoms with van der Waals surface area (Å²) in [5, 5.41) is 27.2. The first kappa shape index (κ1) is 19.3. The van der Waals surface area contributed by atoms with Gasteiger partial charge in [0, 0.05) is 25.3 Å². The average Bonchev–Trinajstić information content (AvgIpc) is 2.59. The van der Waals surface area contributed by atoms with Crippen LogP contribution in [0.5, 0.6) is 0 Å². The number of nitrogens with two attached hydrogens (primary N) is 1. The Morgan fingerprint density at radius 3 is 2.13 bits per heavy atom. The predicted molar refractivity (Wildman–Crippen MR) is 88.4 cm³/mol. The van der Waals surface area contributed by atoms with E-state index in [1.165, 1.54) is 6.07 Å². The van der Waals surface area contributed by atoms with E-state index in [1.54, 1.807) is 18.3 Å². The van der Waals surface area contributed by atoms with Crippen LogP contribution in [-0.4, -0.2) is 11.1 Å². The van der Waals surface area contributed by atoms with Crippen molar-refractivity contribution in [1.29, 1.82) is 10.5 Å². The van der Waals surface area contributed by atoms with Gasteiger partial charge in [-0.2, -0.15) is 5.10 Å². The largest absolute Gasteiger partial charge is 0.323 e. The molecule has 7 heteroatoms. The van der Waals surface area contributed by atoms with E-state index in [1.807, 2.05) is 31.2 Å². The minimum Gasteiger partial charge on any atom is -0.323 e. The molecule has 0 aliphatic heterocycles. The quantitative estimate of drug-likeness (QED) is 0.403. The molecule has 23 heavy (non-hydrogen) atoms. The van der Waals surface area contributed by atoms with Crippen molar-refractivity contribution < 1.29 is 4.92 Å². The summed E-state index contributed by atoms with van der Waals surface area (Å²) in [6, 6.07) is 12.5. The van der Waals surface area contributed by atoms with Crippen molar-refractivity contribution in [3.63, 3.8) is 0 Å². The first-order chi connectivity index (χ1) is 11.1. The van der Waals surface area contributed by atoms with Crippen molar-refractivity contribution in [3.05, 3.63) is 63.7 Å². The zero-order chi connectivity index (χ0) is 17.8. The fraction of sp³-hybridized carbons (Fsp3) is 0.0625. The van der Waals surface area contributed by atoms with Crippen molar-refractivity contribution in [3.8, 4) is 24.3 Å². The maximum Gasteiger partial charge on any atom is 0.269 e. The summed E-state index contributed by atoms with van der Waals surface area (Å²) >= 11 is 0. The van der Waals surface area contributed by atoms with Gasteiger partial charge in [-0.15, -0.1) is 0 Å². The molecule has 2 rings (SSSR count). The van der Waals surface area contributed by atoms with Crippen LogP contribution in [0.25, 0.3) is 11.1 Å². The second kappa shape index (κ2) is 10.1. The lowest BCUT2D eigenvalue weighted by atomic mass is 9.99. The van der Waals surface area contributed by atoms with Gasteiger partial charge in [0.2, 0.25) is 0 Å². The Morgan fingerprint density at radius 1 is 1.13 bits per heavy atom. The van der Waals surface area contributed by atoms with Gasteiger partial charge < -0.3 is 5.84 Å². The van der Waals surface area contributed by atoms with Gasteiger partial charge in [-0.25, -0.2) is 10.5 Å². The number of nitrogens with zero attached hydrogens (tertiary/aromatic N) is 4. The van der Waals surface area contributed by atoms with E-state index in [4.69, 9.17) is 16.4 Å². The van der Waals surface area contributed by atoms with E-state index in [0.29, 0.717) is 0 Å². The summed E-state index contributed by atoms with van der Waals surface area (Å²) in [4.78, 5) is 10.3. The van der Waals surface area contributed by atoms with E-state index in [-0.39, 0.29) is 5.69 Å². The molecule has 2 aromatic carbocycles. The Balaban J connectivity index is 0.00000112. The van der Waals surface area contributed by atoms with Crippen LogP contribution in [0.15, 0.2) is 47.6 Å². The molecule has 0 unspecified atom stereocenters. The van der Waals surface area contributed by atoms with Gasteiger partial charge in [0.25, 0.3) is 5.69 Å². The molecule has 0 spiro atoms. The first-order valence-electron chi connectivity index (χ1n) is 6.22. The molecule has 2 aromatic rings. The lowest BCUT2D eigenvalue weighted by Crippen LogP contribution is -1.91. The standard InChI is InChI=1S/C14H13N3O2.2CHN/c1-10-8-13(17(18)19)6-7-14(10)12-4-2-11(3-5-12)9-16-15;2*1-2/h2-9H,15H2,1H3;2*1H. The number of hydrogen-bond donors (Lipinski definition) is 1. The fourth-order valence-corrected chi connectivity index (χ4v) is 1.92. The molecule has 0 saturated carbocycles. The Morgan fingerprint density at radius 2 is 1.70 bits per heavy atom. The Bertz CT molecular complexity index is 712. The monoisotopic (exact) mass is 309 g/mol. The molecule has 0 aromatic heterocycles. The second-order valence-corrected chi connectivity index (χ2v) is 4.16.